The molecule has 1 aromatic carbocycles. The molecule has 0 aliphatic rings. The minimum absolute atomic E-state index is 0.172. The summed E-state index contributed by atoms with van der Waals surface area (Å²) in [5, 5.41) is 0. The normalized spacial score (nSPS) is 11.9. The Kier molecular flexibility index (Phi) is 5.75. The number of hydrogen-bond acceptors (Lipinski definition) is 4. The molecule has 0 heterocycles. The third-order valence-electron chi connectivity index (χ3n) is 2.51. The molecule has 7 heteroatoms. The van der Waals surface area contributed by atoms with Crippen LogP contribution in [0.15, 0.2) is 29.2 Å². The quantitative estimate of drug-likeness (QED) is 0.562. The van der Waals surface area contributed by atoms with Gasteiger partial charge in [0.2, 0.25) is 10.0 Å². The maximum Gasteiger partial charge on any atom is 0.321 e. The van der Waals surface area contributed by atoms with E-state index < -0.39 is 16.0 Å². The Labute approximate surface area is 127 Å². The summed E-state index contributed by atoms with van der Waals surface area (Å²) in [5.41, 5.74) is 0. The number of methoxy groups -OCH3 is 1. The first-order valence-corrected chi connectivity index (χ1v) is 8.15. The van der Waals surface area contributed by atoms with Crippen LogP contribution in [0.2, 0.25) is 0 Å². The highest BCUT2D eigenvalue weighted by atomic mass is 127. The van der Waals surface area contributed by atoms with E-state index in [4.69, 9.17) is 0 Å². The molecule has 0 radical (unpaired) electrons. The highest BCUT2D eigenvalue weighted by molar-refractivity contribution is 14.1. The molecule has 1 rings (SSSR count). The van der Waals surface area contributed by atoms with E-state index in [-0.39, 0.29) is 17.5 Å². The molecule has 0 aliphatic heterocycles. The van der Waals surface area contributed by atoms with E-state index in [1.54, 1.807) is 26.0 Å². The molecule has 0 spiro atoms. The van der Waals surface area contributed by atoms with E-state index in [0.717, 1.165) is 7.88 Å². The summed E-state index contributed by atoms with van der Waals surface area (Å²) in [5.74, 6) is -0.581. The monoisotopic (exact) mass is 397 g/mol. The van der Waals surface area contributed by atoms with E-state index in [9.17, 15) is 13.2 Å². The SMILES string of the molecule is COC(=O)CN(C(C)C)S(=O)(=O)c1ccc(I)cc1. The molecule has 1 aromatic rings. The zero-order valence-electron chi connectivity index (χ0n) is 11.0. The molecule has 0 aromatic heterocycles. The van der Waals surface area contributed by atoms with Gasteiger partial charge in [0.25, 0.3) is 0 Å². The summed E-state index contributed by atoms with van der Waals surface area (Å²) < 4.78 is 31.5. The summed E-state index contributed by atoms with van der Waals surface area (Å²) in [7, 11) is -2.46. The van der Waals surface area contributed by atoms with Gasteiger partial charge in [-0.1, -0.05) is 0 Å². The molecule has 5 nitrogen and oxygen atoms in total. The first-order chi connectivity index (χ1) is 8.78. The highest BCUT2D eigenvalue weighted by Crippen LogP contribution is 2.19. The predicted molar refractivity (Wildman–Crippen MR) is 80.2 cm³/mol. The molecule has 0 amide bonds. The van der Waals surface area contributed by atoms with Crippen molar-refractivity contribution >= 4 is 38.6 Å². The summed E-state index contributed by atoms with van der Waals surface area (Å²) >= 11 is 2.10. The van der Waals surface area contributed by atoms with Crippen molar-refractivity contribution in [1.82, 2.24) is 4.31 Å². The number of rotatable bonds is 5. The summed E-state index contributed by atoms with van der Waals surface area (Å²) in [6, 6.07) is 6.16. The van der Waals surface area contributed by atoms with E-state index in [1.165, 1.54) is 19.2 Å². The van der Waals surface area contributed by atoms with Crippen molar-refractivity contribution in [3.05, 3.63) is 27.8 Å². The number of carbonyl (C=O) groups is 1. The maximum atomic E-state index is 12.5. The van der Waals surface area contributed by atoms with Gasteiger partial charge in [-0.2, -0.15) is 4.31 Å². The second-order valence-electron chi connectivity index (χ2n) is 4.17. The minimum atomic E-state index is -3.69. The van der Waals surface area contributed by atoms with Crippen LogP contribution < -0.4 is 0 Å². The summed E-state index contributed by atoms with van der Waals surface area (Å²) in [6.07, 6.45) is 0. The molecule has 0 atom stereocenters. The van der Waals surface area contributed by atoms with Gasteiger partial charge in [-0.25, -0.2) is 8.42 Å². The molecular weight excluding hydrogens is 381 g/mol. The molecular formula is C12H16INO4S. The molecule has 0 fully saturated rings. The lowest BCUT2D eigenvalue weighted by molar-refractivity contribution is -0.141. The van der Waals surface area contributed by atoms with Gasteiger partial charge in [0.05, 0.1) is 12.0 Å². The van der Waals surface area contributed by atoms with Gasteiger partial charge in [0, 0.05) is 9.61 Å². The molecule has 0 saturated heterocycles. The van der Waals surface area contributed by atoms with Crippen LogP contribution in [0.3, 0.4) is 0 Å². The Bertz CT molecular complexity index is 539. The van der Waals surface area contributed by atoms with E-state index in [2.05, 4.69) is 27.3 Å². The molecule has 0 aliphatic carbocycles. The number of carbonyl (C=O) groups excluding carboxylic acids is 1. The molecule has 0 N–H and O–H groups in total. The smallest absolute Gasteiger partial charge is 0.321 e. The lowest BCUT2D eigenvalue weighted by Crippen LogP contribution is -2.40. The summed E-state index contributed by atoms with van der Waals surface area (Å²) in [4.78, 5) is 11.5. The third-order valence-corrected chi connectivity index (χ3v) is 5.26. The number of hydrogen-bond donors (Lipinski definition) is 0. The Hall–Kier alpha value is -0.670. The van der Waals surface area contributed by atoms with E-state index in [0.29, 0.717) is 0 Å². The van der Waals surface area contributed by atoms with Crippen LogP contribution in [0.5, 0.6) is 0 Å². The topological polar surface area (TPSA) is 63.7 Å². The van der Waals surface area contributed by atoms with Crippen molar-refractivity contribution in [3.63, 3.8) is 0 Å². The van der Waals surface area contributed by atoms with Gasteiger partial charge in [0.1, 0.15) is 6.54 Å². The lowest BCUT2D eigenvalue weighted by Gasteiger charge is -2.24. The Morgan fingerprint density at radius 2 is 1.84 bits per heavy atom. The van der Waals surface area contributed by atoms with Gasteiger partial charge in [-0.15, -0.1) is 0 Å². The molecule has 0 bridgehead atoms. The molecule has 19 heavy (non-hydrogen) atoms. The van der Waals surface area contributed by atoms with Crippen LogP contribution >= 0.6 is 22.6 Å². The van der Waals surface area contributed by atoms with Crippen molar-refractivity contribution in [2.24, 2.45) is 0 Å². The number of nitrogens with zero attached hydrogens (tertiary/aromatic N) is 1. The van der Waals surface area contributed by atoms with Crippen LogP contribution in [0.1, 0.15) is 13.8 Å². The van der Waals surface area contributed by atoms with Crippen molar-refractivity contribution in [3.8, 4) is 0 Å². The highest BCUT2D eigenvalue weighted by Gasteiger charge is 2.29. The average Bonchev–Trinajstić information content (AvgIpc) is 2.35. The second kappa shape index (κ2) is 6.67. The average molecular weight is 397 g/mol. The van der Waals surface area contributed by atoms with E-state index >= 15 is 0 Å². The Morgan fingerprint density at radius 3 is 2.26 bits per heavy atom. The Morgan fingerprint density at radius 1 is 1.32 bits per heavy atom. The fourth-order valence-electron chi connectivity index (χ4n) is 1.48. The van der Waals surface area contributed by atoms with Crippen molar-refractivity contribution in [1.29, 1.82) is 0 Å². The van der Waals surface area contributed by atoms with Gasteiger partial charge in [-0.05, 0) is 60.7 Å². The molecule has 106 valence electrons. The number of halogens is 1. The van der Waals surface area contributed by atoms with Crippen LogP contribution in [0, 0.1) is 3.57 Å². The van der Waals surface area contributed by atoms with Crippen LogP contribution in [-0.2, 0) is 19.6 Å². The fourth-order valence-corrected chi connectivity index (χ4v) is 3.42. The molecule has 0 unspecified atom stereocenters. The van der Waals surface area contributed by atoms with Crippen molar-refractivity contribution < 1.29 is 17.9 Å². The third kappa shape index (κ3) is 4.15. The van der Waals surface area contributed by atoms with Gasteiger partial charge in [-0.3, -0.25) is 4.79 Å². The predicted octanol–water partition coefficient (Wildman–Crippen LogP) is 1.86. The Balaban J connectivity index is 3.13. The fraction of sp³-hybridized carbons (Fsp3) is 0.417. The number of benzene rings is 1. The standard InChI is InChI=1S/C12H16INO4S/c1-9(2)14(8-12(15)18-3)19(16,17)11-6-4-10(13)5-7-11/h4-7,9H,8H2,1-3H3. The van der Waals surface area contributed by atoms with Crippen LogP contribution in [0.4, 0.5) is 0 Å². The number of esters is 1. The van der Waals surface area contributed by atoms with Crippen molar-refractivity contribution in [2.45, 2.75) is 24.8 Å². The number of ether oxygens (including phenoxy) is 1. The minimum Gasteiger partial charge on any atom is -0.468 e. The zero-order chi connectivity index (χ0) is 14.6. The van der Waals surface area contributed by atoms with E-state index in [1.807, 2.05) is 0 Å². The van der Waals surface area contributed by atoms with Crippen molar-refractivity contribution in [2.75, 3.05) is 13.7 Å². The maximum absolute atomic E-state index is 12.5. The van der Waals surface area contributed by atoms with Gasteiger partial charge in [0.15, 0.2) is 0 Å². The second-order valence-corrected chi connectivity index (χ2v) is 7.31. The van der Waals surface area contributed by atoms with Crippen LogP contribution in [0.25, 0.3) is 0 Å². The van der Waals surface area contributed by atoms with Gasteiger partial charge < -0.3 is 4.74 Å². The number of sulfonamides is 1. The van der Waals surface area contributed by atoms with Gasteiger partial charge >= 0.3 is 5.97 Å². The largest absolute Gasteiger partial charge is 0.468 e. The zero-order valence-corrected chi connectivity index (χ0v) is 13.9. The lowest BCUT2D eigenvalue weighted by atomic mass is 10.4. The molecule has 0 saturated carbocycles. The van der Waals surface area contributed by atoms with Crippen LogP contribution in [-0.4, -0.2) is 38.4 Å². The summed E-state index contributed by atoms with van der Waals surface area (Å²) in [6.45, 7) is 3.14. The first-order valence-electron chi connectivity index (χ1n) is 5.63. The first kappa shape index (κ1) is 16.4.